The quantitative estimate of drug-likeness (QED) is 0.674. The highest BCUT2D eigenvalue weighted by Crippen LogP contribution is 2.30. The second-order valence-electron chi connectivity index (χ2n) is 4.85. The molecule has 3 rings (SSSR count). The fraction of sp³-hybridized carbons (Fsp3) is 0.111. The first kappa shape index (κ1) is 14.0. The molecule has 3 aromatic rings. The van der Waals surface area contributed by atoms with Crippen LogP contribution in [0.15, 0.2) is 60.7 Å². The van der Waals surface area contributed by atoms with Crippen LogP contribution in [0.4, 0.5) is 0 Å². The lowest BCUT2D eigenvalue weighted by molar-refractivity contribution is 0.304. The van der Waals surface area contributed by atoms with E-state index in [2.05, 4.69) is 34.1 Å². The van der Waals surface area contributed by atoms with Crippen LogP contribution in [-0.4, -0.2) is 5.11 Å². The minimum atomic E-state index is 0.269. The van der Waals surface area contributed by atoms with Crippen LogP contribution in [0.3, 0.4) is 0 Å². The summed E-state index contributed by atoms with van der Waals surface area (Å²) in [4.78, 5) is 0. The van der Waals surface area contributed by atoms with Crippen LogP contribution in [0.5, 0.6) is 11.5 Å². The van der Waals surface area contributed by atoms with Gasteiger partial charge in [0.25, 0.3) is 0 Å². The fourth-order valence-electron chi connectivity index (χ4n) is 2.34. The topological polar surface area (TPSA) is 29.5 Å². The number of fused-ring (bicyclic) bond motifs is 1. The average Bonchev–Trinajstić information content (AvgIpc) is 2.53. The summed E-state index contributed by atoms with van der Waals surface area (Å²) < 4.78 is 5.95. The zero-order chi connectivity index (χ0) is 14.7. The van der Waals surface area contributed by atoms with Crippen LogP contribution in [0, 0.1) is 0 Å². The molecule has 0 spiro atoms. The van der Waals surface area contributed by atoms with Crippen molar-refractivity contribution >= 4 is 26.7 Å². The Morgan fingerprint density at radius 1 is 0.905 bits per heavy atom. The molecule has 106 valence electrons. The van der Waals surface area contributed by atoms with Gasteiger partial charge < -0.3 is 9.84 Å². The normalized spacial score (nSPS) is 10.7. The molecule has 3 aromatic carbocycles. The highest BCUT2D eigenvalue weighted by molar-refractivity contribution is 9.08. The summed E-state index contributed by atoms with van der Waals surface area (Å²) in [7, 11) is 0. The van der Waals surface area contributed by atoms with E-state index >= 15 is 0 Å². The first-order valence-electron chi connectivity index (χ1n) is 6.75. The Hall–Kier alpha value is -2.00. The number of phenolic OH excluding ortho intramolecular Hbond substituents is 1. The molecule has 0 aliphatic carbocycles. The Morgan fingerprint density at radius 2 is 1.67 bits per heavy atom. The van der Waals surface area contributed by atoms with Gasteiger partial charge in [0.05, 0.1) is 0 Å². The second kappa shape index (κ2) is 6.19. The lowest BCUT2D eigenvalue weighted by Gasteiger charge is -2.13. The van der Waals surface area contributed by atoms with Crippen molar-refractivity contribution in [3.05, 3.63) is 71.8 Å². The predicted octanol–water partition coefficient (Wildman–Crippen LogP) is 5.02. The van der Waals surface area contributed by atoms with Crippen LogP contribution in [-0.2, 0) is 11.9 Å². The molecular weight excluding hydrogens is 328 g/mol. The van der Waals surface area contributed by atoms with Crippen molar-refractivity contribution in [1.82, 2.24) is 0 Å². The number of alkyl halides is 1. The van der Waals surface area contributed by atoms with Crippen molar-refractivity contribution in [2.24, 2.45) is 0 Å². The molecule has 0 amide bonds. The molecule has 0 fully saturated rings. The van der Waals surface area contributed by atoms with Gasteiger partial charge in [-0.05, 0) is 34.5 Å². The summed E-state index contributed by atoms with van der Waals surface area (Å²) in [5, 5.41) is 12.5. The second-order valence-corrected chi connectivity index (χ2v) is 5.41. The molecule has 0 heterocycles. The number of hydrogen-bond donors (Lipinski definition) is 1. The van der Waals surface area contributed by atoms with Gasteiger partial charge in [-0.2, -0.15) is 0 Å². The van der Waals surface area contributed by atoms with Gasteiger partial charge in [-0.15, -0.1) is 0 Å². The Balaban J connectivity index is 1.88. The maximum atomic E-state index is 9.30. The van der Waals surface area contributed by atoms with Crippen molar-refractivity contribution in [2.75, 3.05) is 0 Å². The zero-order valence-electron chi connectivity index (χ0n) is 11.4. The molecule has 0 atom stereocenters. The molecule has 0 saturated heterocycles. The third kappa shape index (κ3) is 3.03. The van der Waals surface area contributed by atoms with Gasteiger partial charge >= 0.3 is 0 Å². The number of halogens is 1. The zero-order valence-corrected chi connectivity index (χ0v) is 13.0. The van der Waals surface area contributed by atoms with Crippen LogP contribution in [0.1, 0.15) is 11.1 Å². The molecule has 0 aliphatic rings. The minimum absolute atomic E-state index is 0.269. The number of benzene rings is 3. The van der Waals surface area contributed by atoms with E-state index in [-0.39, 0.29) is 5.75 Å². The van der Waals surface area contributed by atoms with Gasteiger partial charge in [0.2, 0.25) is 0 Å². The Labute approximate surface area is 132 Å². The van der Waals surface area contributed by atoms with Crippen LogP contribution >= 0.6 is 15.9 Å². The summed E-state index contributed by atoms with van der Waals surface area (Å²) in [5.74, 6) is 1.16. The van der Waals surface area contributed by atoms with E-state index in [0.717, 1.165) is 22.2 Å². The van der Waals surface area contributed by atoms with Crippen molar-refractivity contribution < 1.29 is 9.84 Å². The predicted molar refractivity (Wildman–Crippen MR) is 89.0 cm³/mol. The lowest BCUT2D eigenvalue weighted by atomic mass is 10.0. The molecule has 2 nitrogen and oxygen atoms in total. The molecule has 0 saturated carbocycles. The van der Waals surface area contributed by atoms with Crippen LogP contribution < -0.4 is 4.74 Å². The summed E-state index contributed by atoms with van der Waals surface area (Å²) >= 11 is 3.55. The van der Waals surface area contributed by atoms with Gasteiger partial charge in [0.1, 0.15) is 18.1 Å². The van der Waals surface area contributed by atoms with Gasteiger partial charge in [-0.3, -0.25) is 0 Å². The van der Waals surface area contributed by atoms with Crippen molar-refractivity contribution in [3.8, 4) is 11.5 Å². The molecule has 0 aliphatic heterocycles. The number of aromatic hydroxyl groups is 1. The van der Waals surface area contributed by atoms with Gasteiger partial charge in [0.15, 0.2) is 0 Å². The number of rotatable bonds is 4. The average molecular weight is 343 g/mol. The van der Waals surface area contributed by atoms with Gasteiger partial charge in [0, 0.05) is 10.9 Å². The molecule has 21 heavy (non-hydrogen) atoms. The molecule has 0 aromatic heterocycles. The minimum Gasteiger partial charge on any atom is -0.508 e. The lowest BCUT2D eigenvalue weighted by Crippen LogP contribution is -1.98. The first-order valence-corrected chi connectivity index (χ1v) is 7.87. The van der Waals surface area contributed by atoms with E-state index in [1.807, 2.05) is 30.3 Å². The van der Waals surface area contributed by atoms with E-state index < -0.39 is 0 Å². The maximum Gasteiger partial charge on any atom is 0.124 e. The van der Waals surface area contributed by atoms with Gasteiger partial charge in [-0.1, -0.05) is 58.4 Å². The number of phenols is 1. The Morgan fingerprint density at radius 3 is 2.43 bits per heavy atom. The Bertz CT molecular complexity index is 751. The summed E-state index contributed by atoms with van der Waals surface area (Å²) in [6.07, 6.45) is 0. The van der Waals surface area contributed by atoms with Crippen molar-refractivity contribution in [2.45, 2.75) is 11.9 Å². The highest BCUT2D eigenvalue weighted by Gasteiger charge is 2.07. The summed E-state index contributed by atoms with van der Waals surface area (Å²) in [6, 6.07) is 19.5. The third-order valence-electron chi connectivity index (χ3n) is 3.46. The van der Waals surface area contributed by atoms with E-state index in [1.165, 1.54) is 10.8 Å². The third-order valence-corrected chi connectivity index (χ3v) is 4.02. The van der Waals surface area contributed by atoms with E-state index in [0.29, 0.717) is 6.61 Å². The molecule has 0 bridgehead atoms. The van der Waals surface area contributed by atoms with Crippen LogP contribution in [0.2, 0.25) is 0 Å². The largest absolute Gasteiger partial charge is 0.508 e. The monoisotopic (exact) mass is 342 g/mol. The van der Waals surface area contributed by atoms with Crippen molar-refractivity contribution in [1.29, 1.82) is 0 Å². The van der Waals surface area contributed by atoms with E-state index in [9.17, 15) is 5.11 Å². The van der Waals surface area contributed by atoms with E-state index in [1.54, 1.807) is 12.1 Å². The van der Waals surface area contributed by atoms with E-state index in [4.69, 9.17) is 4.74 Å². The number of hydrogen-bond acceptors (Lipinski definition) is 2. The number of ether oxygens (including phenoxy) is 1. The molecule has 3 heteroatoms. The first-order chi connectivity index (χ1) is 10.3. The molecule has 0 radical (unpaired) electrons. The molecular formula is C18H15BrO2. The van der Waals surface area contributed by atoms with Crippen molar-refractivity contribution in [3.63, 3.8) is 0 Å². The fourth-order valence-corrected chi connectivity index (χ4v) is 2.92. The Kier molecular flexibility index (Phi) is 4.11. The molecule has 1 N–H and O–H groups in total. The maximum absolute atomic E-state index is 9.30. The van der Waals surface area contributed by atoms with Gasteiger partial charge in [-0.25, -0.2) is 0 Å². The standard InChI is InChI=1S/C18H15BrO2/c19-11-17-16-4-2-1-3-14(16)7-10-18(17)21-12-13-5-8-15(20)9-6-13/h1-10,20H,11-12H2. The highest BCUT2D eigenvalue weighted by atomic mass is 79.9. The summed E-state index contributed by atoms with van der Waals surface area (Å²) in [6.45, 7) is 0.485. The van der Waals surface area contributed by atoms with Crippen LogP contribution in [0.25, 0.3) is 10.8 Å². The molecule has 0 unspecified atom stereocenters. The smallest absolute Gasteiger partial charge is 0.124 e. The summed E-state index contributed by atoms with van der Waals surface area (Å²) in [5.41, 5.74) is 2.19. The SMILES string of the molecule is Oc1ccc(COc2ccc3ccccc3c2CBr)cc1.